The van der Waals surface area contributed by atoms with Crippen molar-refractivity contribution < 1.29 is 0 Å². The van der Waals surface area contributed by atoms with E-state index >= 15 is 0 Å². The predicted molar refractivity (Wildman–Crippen MR) is 192 cm³/mol. The predicted octanol–water partition coefficient (Wildman–Crippen LogP) is 12.0. The number of fused-ring (bicyclic) bond motifs is 3. The Bertz CT molecular complexity index is 1840. The molecule has 0 saturated heterocycles. The smallest absolute Gasteiger partial charge is 0.0619 e. The lowest BCUT2D eigenvalue weighted by Gasteiger charge is -2.34. The third-order valence-electron chi connectivity index (χ3n) is 9.71. The second kappa shape index (κ2) is 10.7. The highest BCUT2D eigenvalue weighted by molar-refractivity contribution is 5.87. The van der Waals surface area contributed by atoms with Crippen molar-refractivity contribution in [3.63, 3.8) is 0 Å². The first-order chi connectivity index (χ1) is 21.6. The molecule has 0 spiro atoms. The molecular formula is C45H42. The number of rotatable bonds is 4. The van der Waals surface area contributed by atoms with Crippen LogP contribution in [0.25, 0.3) is 33.4 Å². The summed E-state index contributed by atoms with van der Waals surface area (Å²) in [6, 6.07) is 54.8. The molecule has 0 bridgehead atoms. The maximum atomic E-state index is 2.43. The van der Waals surface area contributed by atoms with Crippen LogP contribution in [0.2, 0.25) is 0 Å². The molecule has 7 rings (SSSR count). The number of hydrogen-bond acceptors (Lipinski definition) is 0. The zero-order chi connectivity index (χ0) is 31.4. The molecule has 0 aromatic heterocycles. The van der Waals surface area contributed by atoms with Gasteiger partial charge in [-0.25, -0.2) is 0 Å². The van der Waals surface area contributed by atoms with Crippen LogP contribution in [0.3, 0.4) is 0 Å². The van der Waals surface area contributed by atoms with Crippen molar-refractivity contribution in [1.82, 2.24) is 0 Å². The molecule has 45 heavy (non-hydrogen) atoms. The molecule has 0 unspecified atom stereocenters. The Kier molecular flexibility index (Phi) is 6.93. The Morgan fingerprint density at radius 1 is 0.356 bits per heavy atom. The molecule has 1 aliphatic carbocycles. The van der Waals surface area contributed by atoms with Crippen LogP contribution in [0, 0.1) is 0 Å². The van der Waals surface area contributed by atoms with Gasteiger partial charge < -0.3 is 0 Å². The van der Waals surface area contributed by atoms with Crippen LogP contribution in [0.5, 0.6) is 0 Å². The SMILES string of the molecule is CC(C)(C)c1ccc(-c2cccc(C3(c4cccc(-c5ccc(C(C)(C)C)cc5)c4)c4ccccc4-c4ccccc43)c2)cc1. The van der Waals surface area contributed by atoms with Crippen LogP contribution in [-0.2, 0) is 16.2 Å². The monoisotopic (exact) mass is 582 g/mol. The molecule has 0 radical (unpaired) electrons. The first-order valence-corrected chi connectivity index (χ1v) is 16.2. The van der Waals surface area contributed by atoms with E-state index in [2.05, 4.69) is 187 Å². The molecule has 0 amide bonds. The van der Waals surface area contributed by atoms with Gasteiger partial charge >= 0.3 is 0 Å². The van der Waals surface area contributed by atoms with Gasteiger partial charge in [0.15, 0.2) is 0 Å². The van der Waals surface area contributed by atoms with Crippen molar-refractivity contribution in [2.24, 2.45) is 0 Å². The van der Waals surface area contributed by atoms with Crippen molar-refractivity contribution in [2.45, 2.75) is 57.8 Å². The second-order valence-electron chi connectivity index (χ2n) is 14.7. The highest BCUT2D eigenvalue weighted by Crippen LogP contribution is 2.56. The van der Waals surface area contributed by atoms with Gasteiger partial charge in [-0.15, -0.1) is 0 Å². The van der Waals surface area contributed by atoms with E-state index < -0.39 is 5.41 Å². The normalized spacial score (nSPS) is 13.7. The van der Waals surface area contributed by atoms with E-state index in [0.29, 0.717) is 0 Å². The summed E-state index contributed by atoms with van der Waals surface area (Å²) in [5.74, 6) is 0. The molecule has 6 aromatic carbocycles. The molecule has 0 heteroatoms. The maximum Gasteiger partial charge on any atom is 0.0713 e. The maximum absolute atomic E-state index is 2.43. The zero-order valence-electron chi connectivity index (χ0n) is 27.4. The van der Waals surface area contributed by atoms with Crippen LogP contribution >= 0.6 is 0 Å². The minimum absolute atomic E-state index is 0.125. The average molecular weight is 583 g/mol. The molecule has 222 valence electrons. The van der Waals surface area contributed by atoms with Gasteiger partial charge in [-0.3, -0.25) is 0 Å². The Morgan fingerprint density at radius 3 is 1.11 bits per heavy atom. The van der Waals surface area contributed by atoms with E-state index in [1.54, 1.807) is 0 Å². The molecule has 0 heterocycles. The van der Waals surface area contributed by atoms with Gasteiger partial charge in [0.1, 0.15) is 0 Å². The third kappa shape index (κ3) is 4.94. The van der Waals surface area contributed by atoms with Gasteiger partial charge in [-0.1, -0.05) is 175 Å². The van der Waals surface area contributed by atoms with E-state index in [-0.39, 0.29) is 10.8 Å². The molecule has 1 aliphatic rings. The molecular weight excluding hydrogens is 540 g/mol. The standard InChI is InChI=1S/C45H42/c1-43(2,3)35-25-21-31(22-26-35)33-13-11-15-37(29-33)45(41-19-9-7-17-39(41)40-18-8-10-20-42(40)45)38-16-12-14-34(30-38)32-23-27-36(28-24-32)44(4,5)6/h7-30H,1-6H3. The summed E-state index contributed by atoms with van der Waals surface area (Å²) in [5.41, 5.74) is 15.4. The Balaban J connectivity index is 1.45. The summed E-state index contributed by atoms with van der Waals surface area (Å²) < 4.78 is 0. The fraction of sp³-hybridized carbons (Fsp3) is 0.200. The van der Waals surface area contributed by atoms with Gasteiger partial charge in [0.05, 0.1) is 5.41 Å². The van der Waals surface area contributed by atoms with Crippen LogP contribution in [-0.4, -0.2) is 0 Å². The van der Waals surface area contributed by atoms with Crippen molar-refractivity contribution >= 4 is 0 Å². The molecule has 0 N–H and O–H groups in total. The van der Waals surface area contributed by atoms with Crippen molar-refractivity contribution in [3.8, 4) is 33.4 Å². The zero-order valence-corrected chi connectivity index (χ0v) is 27.4. The lowest BCUT2D eigenvalue weighted by atomic mass is 9.67. The quantitative estimate of drug-likeness (QED) is 0.194. The Labute approximate surface area is 269 Å². The first kappa shape index (κ1) is 29.1. The lowest BCUT2D eigenvalue weighted by molar-refractivity contribution is 0.590. The molecule has 0 atom stereocenters. The number of hydrogen-bond donors (Lipinski definition) is 0. The van der Waals surface area contributed by atoms with Gasteiger partial charge in [0.2, 0.25) is 0 Å². The second-order valence-corrected chi connectivity index (χ2v) is 14.7. The fourth-order valence-electron chi connectivity index (χ4n) is 7.21. The summed E-state index contributed by atoms with van der Waals surface area (Å²) in [4.78, 5) is 0. The highest BCUT2D eigenvalue weighted by Gasteiger charge is 2.46. The van der Waals surface area contributed by atoms with Gasteiger partial charge in [-0.05, 0) is 89.7 Å². The summed E-state index contributed by atoms with van der Waals surface area (Å²) in [6.45, 7) is 13.6. The van der Waals surface area contributed by atoms with E-state index in [1.807, 2.05) is 0 Å². The van der Waals surface area contributed by atoms with Crippen molar-refractivity contribution in [1.29, 1.82) is 0 Å². The van der Waals surface area contributed by atoms with Crippen LogP contribution in [0.1, 0.15) is 74.9 Å². The summed E-state index contributed by atoms with van der Waals surface area (Å²) in [7, 11) is 0. The van der Waals surface area contributed by atoms with Crippen LogP contribution in [0.15, 0.2) is 146 Å². The van der Waals surface area contributed by atoms with Crippen molar-refractivity contribution in [3.05, 3.63) is 179 Å². The molecule has 0 nitrogen and oxygen atoms in total. The third-order valence-corrected chi connectivity index (χ3v) is 9.71. The van der Waals surface area contributed by atoms with E-state index in [1.165, 1.54) is 66.8 Å². The summed E-state index contributed by atoms with van der Waals surface area (Å²) in [5, 5.41) is 0. The average Bonchev–Trinajstić information content (AvgIpc) is 3.35. The van der Waals surface area contributed by atoms with E-state index in [9.17, 15) is 0 Å². The van der Waals surface area contributed by atoms with Crippen LogP contribution < -0.4 is 0 Å². The summed E-state index contributed by atoms with van der Waals surface area (Å²) in [6.07, 6.45) is 0. The molecule has 0 saturated carbocycles. The molecule has 0 fully saturated rings. The van der Waals surface area contributed by atoms with Gasteiger partial charge in [0.25, 0.3) is 0 Å². The lowest BCUT2D eigenvalue weighted by Crippen LogP contribution is -2.28. The van der Waals surface area contributed by atoms with E-state index in [4.69, 9.17) is 0 Å². The van der Waals surface area contributed by atoms with Crippen molar-refractivity contribution in [2.75, 3.05) is 0 Å². The van der Waals surface area contributed by atoms with Gasteiger partial charge in [-0.2, -0.15) is 0 Å². The minimum Gasteiger partial charge on any atom is -0.0619 e. The number of benzene rings is 6. The highest BCUT2D eigenvalue weighted by atomic mass is 14.5. The summed E-state index contributed by atoms with van der Waals surface area (Å²) >= 11 is 0. The Hall–Kier alpha value is -4.68. The fourth-order valence-corrected chi connectivity index (χ4v) is 7.21. The molecule has 0 aliphatic heterocycles. The van der Waals surface area contributed by atoms with Gasteiger partial charge in [0, 0.05) is 0 Å². The first-order valence-electron chi connectivity index (χ1n) is 16.2. The topological polar surface area (TPSA) is 0 Å². The Morgan fingerprint density at radius 2 is 0.733 bits per heavy atom. The minimum atomic E-state index is -0.449. The largest absolute Gasteiger partial charge is 0.0713 e. The molecule has 6 aromatic rings. The van der Waals surface area contributed by atoms with Crippen LogP contribution in [0.4, 0.5) is 0 Å². The van der Waals surface area contributed by atoms with E-state index in [0.717, 1.165) is 0 Å².